The Morgan fingerprint density at radius 1 is 0.974 bits per heavy atom. The van der Waals surface area contributed by atoms with Crippen LogP contribution < -0.4 is 4.74 Å². The largest absolute Gasteiger partial charge is 0.514 e. The Hall–Kier alpha value is -1.77. The first kappa shape index (κ1) is 27.8. The van der Waals surface area contributed by atoms with Crippen molar-refractivity contribution >= 4 is 6.16 Å². The Kier molecular flexibility index (Phi) is 8.05. The van der Waals surface area contributed by atoms with E-state index in [0.717, 1.165) is 60.3 Å². The molecule has 0 unspecified atom stereocenters. The zero-order valence-electron chi connectivity index (χ0n) is 24.9. The number of hydrogen-bond donors (Lipinski definition) is 0. The quantitative estimate of drug-likeness (QED) is 0.204. The third-order valence-electron chi connectivity index (χ3n) is 11.7. The summed E-state index contributed by atoms with van der Waals surface area (Å²) in [6.45, 7) is 14.5. The van der Waals surface area contributed by atoms with Crippen LogP contribution in [0.3, 0.4) is 0 Å². The highest BCUT2D eigenvalue weighted by Gasteiger charge is 2.59. The SMILES string of the molecule is Cc1ccc(OC(=O)O[C@H]2CC[C@@]3(C)C(=CC[C@@H]4[C@H]3CC[C@]3(C)[C@@H]([C@H](C)CCCC(C)C)CC[C@@H]43)C2)cc1. The van der Waals surface area contributed by atoms with Crippen molar-refractivity contribution in [2.45, 2.75) is 118 Å². The molecule has 8 atom stereocenters. The molecule has 0 bridgehead atoms. The predicted octanol–water partition coefficient (Wildman–Crippen LogP) is 9.92. The van der Waals surface area contributed by atoms with Crippen LogP contribution in [0.4, 0.5) is 4.79 Å². The topological polar surface area (TPSA) is 35.5 Å². The van der Waals surface area contributed by atoms with Crippen molar-refractivity contribution in [3.05, 3.63) is 41.5 Å². The molecule has 0 aromatic heterocycles. The number of aryl methyl sites for hydroxylation is 1. The molecule has 5 rings (SSSR count). The number of hydrogen-bond acceptors (Lipinski definition) is 3. The summed E-state index contributed by atoms with van der Waals surface area (Å²) >= 11 is 0. The van der Waals surface area contributed by atoms with Crippen LogP contribution in [0.25, 0.3) is 0 Å². The number of carbonyl (C=O) groups excluding carboxylic acids is 1. The van der Waals surface area contributed by atoms with E-state index in [2.05, 4.69) is 40.7 Å². The average molecular weight is 521 g/mol. The molecule has 4 aliphatic carbocycles. The molecule has 1 aromatic carbocycles. The van der Waals surface area contributed by atoms with Gasteiger partial charge in [0.15, 0.2) is 0 Å². The minimum Gasteiger partial charge on any atom is -0.430 e. The van der Waals surface area contributed by atoms with Crippen molar-refractivity contribution in [1.82, 2.24) is 0 Å². The lowest BCUT2D eigenvalue weighted by Gasteiger charge is -2.58. The molecule has 3 saturated carbocycles. The van der Waals surface area contributed by atoms with Gasteiger partial charge in [-0.2, -0.15) is 0 Å². The van der Waals surface area contributed by atoms with Crippen LogP contribution >= 0.6 is 0 Å². The summed E-state index contributed by atoms with van der Waals surface area (Å²) in [7, 11) is 0. The van der Waals surface area contributed by atoms with E-state index >= 15 is 0 Å². The van der Waals surface area contributed by atoms with Crippen molar-refractivity contribution in [2.75, 3.05) is 0 Å². The fourth-order valence-electron chi connectivity index (χ4n) is 9.62. The Balaban J connectivity index is 1.21. The zero-order chi connectivity index (χ0) is 27.1. The number of carbonyl (C=O) groups is 1. The lowest BCUT2D eigenvalue weighted by molar-refractivity contribution is -0.0597. The number of fused-ring (bicyclic) bond motifs is 5. The summed E-state index contributed by atoms with van der Waals surface area (Å²) in [5.74, 6) is 5.64. The lowest BCUT2D eigenvalue weighted by atomic mass is 9.47. The number of benzene rings is 1. The second kappa shape index (κ2) is 11.0. The van der Waals surface area contributed by atoms with Gasteiger partial charge in [0.1, 0.15) is 11.9 Å². The fourth-order valence-corrected chi connectivity index (χ4v) is 9.62. The maximum absolute atomic E-state index is 12.5. The molecule has 0 heterocycles. The van der Waals surface area contributed by atoms with Crippen molar-refractivity contribution in [3.8, 4) is 5.75 Å². The molecule has 210 valence electrons. The van der Waals surface area contributed by atoms with Crippen LogP contribution in [0, 0.1) is 53.3 Å². The molecule has 0 N–H and O–H groups in total. The van der Waals surface area contributed by atoms with Gasteiger partial charge in [0, 0.05) is 6.42 Å². The van der Waals surface area contributed by atoms with E-state index in [0.29, 0.717) is 11.2 Å². The summed E-state index contributed by atoms with van der Waals surface area (Å²) < 4.78 is 11.3. The normalized spacial score (nSPS) is 37.0. The number of allylic oxidation sites excluding steroid dienone is 1. The van der Waals surface area contributed by atoms with Crippen LogP contribution in [0.2, 0.25) is 0 Å². The molecule has 3 heteroatoms. The summed E-state index contributed by atoms with van der Waals surface area (Å²) in [5, 5.41) is 0. The fraction of sp³-hybridized carbons (Fsp3) is 0.743. The van der Waals surface area contributed by atoms with Crippen LogP contribution in [0.5, 0.6) is 5.75 Å². The van der Waals surface area contributed by atoms with E-state index in [4.69, 9.17) is 9.47 Å². The summed E-state index contributed by atoms with van der Waals surface area (Å²) in [4.78, 5) is 12.5. The molecule has 1 aromatic rings. The van der Waals surface area contributed by atoms with E-state index < -0.39 is 6.16 Å². The average Bonchev–Trinajstić information content (AvgIpc) is 3.23. The summed E-state index contributed by atoms with van der Waals surface area (Å²) in [5.41, 5.74) is 3.50. The van der Waals surface area contributed by atoms with Crippen molar-refractivity contribution < 1.29 is 14.3 Å². The van der Waals surface area contributed by atoms with Gasteiger partial charge < -0.3 is 9.47 Å². The Morgan fingerprint density at radius 2 is 1.74 bits per heavy atom. The van der Waals surface area contributed by atoms with Gasteiger partial charge in [0.05, 0.1) is 0 Å². The van der Waals surface area contributed by atoms with Gasteiger partial charge >= 0.3 is 6.16 Å². The van der Waals surface area contributed by atoms with Gasteiger partial charge in [-0.3, -0.25) is 0 Å². The standard InChI is InChI=1S/C35H52O3/c1-23(2)8-7-9-25(4)30-16-17-31-29-15-12-26-22-28(38-33(36)37-27-13-10-24(3)11-14-27)18-20-34(26,5)32(29)19-21-35(30,31)6/h10-14,23,25,28-32H,7-9,15-22H2,1-6H3/t25-,28+,29+,30-,31+,32-,34+,35-/m1/s1. The molecule has 0 radical (unpaired) electrons. The van der Waals surface area contributed by atoms with Gasteiger partial charge in [-0.25, -0.2) is 4.79 Å². The minimum absolute atomic E-state index is 0.0692. The van der Waals surface area contributed by atoms with Crippen LogP contribution in [-0.4, -0.2) is 12.3 Å². The van der Waals surface area contributed by atoms with Crippen LogP contribution in [0.15, 0.2) is 35.9 Å². The van der Waals surface area contributed by atoms with Crippen molar-refractivity contribution in [3.63, 3.8) is 0 Å². The highest BCUT2D eigenvalue weighted by atomic mass is 16.7. The monoisotopic (exact) mass is 520 g/mol. The third kappa shape index (κ3) is 5.33. The van der Waals surface area contributed by atoms with Crippen LogP contribution in [0.1, 0.15) is 111 Å². The van der Waals surface area contributed by atoms with Crippen LogP contribution in [-0.2, 0) is 4.74 Å². The third-order valence-corrected chi connectivity index (χ3v) is 11.7. The maximum atomic E-state index is 12.5. The van der Waals surface area contributed by atoms with Gasteiger partial charge in [-0.1, -0.05) is 83.2 Å². The summed E-state index contributed by atoms with van der Waals surface area (Å²) in [6, 6.07) is 7.56. The molecule has 0 aliphatic heterocycles. The van der Waals surface area contributed by atoms with E-state index in [1.807, 2.05) is 31.2 Å². The van der Waals surface area contributed by atoms with E-state index in [1.54, 1.807) is 5.57 Å². The van der Waals surface area contributed by atoms with E-state index in [9.17, 15) is 4.79 Å². The number of rotatable bonds is 7. The molecule has 0 amide bonds. The first-order valence-electron chi connectivity index (χ1n) is 15.7. The van der Waals surface area contributed by atoms with Crippen molar-refractivity contribution in [1.29, 1.82) is 0 Å². The van der Waals surface area contributed by atoms with Gasteiger partial charge in [-0.05, 0) is 110 Å². The molecular weight excluding hydrogens is 468 g/mol. The molecule has 38 heavy (non-hydrogen) atoms. The molecule has 3 fully saturated rings. The molecule has 0 spiro atoms. The van der Waals surface area contributed by atoms with Gasteiger partial charge in [0.2, 0.25) is 0 Å². The molecule has 3 nitrogen and oxygen atoms in total. The van der Waals surface area contributed by atoms with Gasteiger partial charge in [0.25, 0.3) is 0 Å². The Labute approximate surface area is 232 Å². The highest BCUT2D eigenvalue weighted by Crippen LogP contribution is 2.67. The maximum Gasteiger partial charge on any atom is 0.514 e. The highest BCUT2D eigenvalue weighted by molar-refractivity contribution is 5.64. The number of ether oxygens (including phenoxy) is 2. The molecule has 4 aliphatic rings. The first-order valence-corrected chi connectivity index (χ1v) is 15.7. The lowest BCUT2D eigenvalue weighted by Crippen LogP contribution is -2.51. The van der Waals surface area contributed by atoms with E-state index in [1.165, 1.54) is 51.4 Å². The first-order chi connectivity index (χ1) is 18.1. The Bertz CT molecular complexity index is 1010. The zero-order valence-corrected chi connectivity index (χ0v) is 24.9. The second-order valence-corrected chi connectivity index (χ2v) is 14.4. The van der Waals surface area contributed by atoms with E-state index in [-0.39, 0.29) is 11.5 Å². The smallest absolute Gasteiger partial charge is 0.430 e. The Morgan fingerprint density at radius 3 is 2.47 bits per heavy atom. The molecular formula is C35H52O3. The second-order valence-electron chi connectivity index (χ2n) is 14.4. The minimum atomic E-state index is -0.565. The summed E-state index contributed by atoms with van der Waals surface area (Å²) in [6.07, 6.45) is 16.0. The van der Waals surface area contributed by atoms with Crippen molar-refractivity contribution in [2.24, 2.45) is 46.3 Å². The molecule has 0 saturated heterocycles. The predicted molar refractivity (Wildman–Crippen MR) is 155 cm³/mol. The van der Waals surface area contributed by atoms with Gasteiger partial charge in [-0.15, -0.1) is 0 Å².